The molecule has 1 aliphatic heterocycles. The van der Waals surface area contributed by atoms with Crippen LogP contribution < -0.4 is 5.32 Å². The third-order valence-corrected chi connectivity index (χ3v) is 3.21. The summed E-state index contributed by atoms with van der Waals surface area (Å²) in [6, 6.07) is 2.60. The maximum atomic E-state index is 13.3. The first-order valence-corrected chi connectivity index (χ1v) is 6.09. The van der Waals surface area contributed by atoms with Crippen LogP contribution in [-0.4, -0.2) is 21.3 Å². The highest BCUT2D eigenvalue weighted by atomic mass is 19.4. The Balaban J connectivity index is 2.03. The van der Waals surface area contributed by atoms with Gasteiger partial charge in [0.05, 0.1) is 6.04 Å². The standard InChI is InChI=1S/C12H9F5N4/c13-7-2-1-6(5-8(7)14)9-3-4-18-11-19-10(12(15,16)17)20-21(9)11/h1-2,5,9H,3-4H2,(H,18,19,20). The van der Waals surface area contributed by atoms with Crippen LogP contribution in [0.3, 0.4) is 0 Å². The van der Waals surface area contributed by atoms with Gasteiger partial charge in [-0.05, 0) is 24.1 Å². The van der Waals surface area contributed by atoms with Crippen molar-refractivity contribution in [2.24, 2.45) is 0 Å². The highest BCUT2D eigenvalue weighted by Gasteiger charge is 2.38. The van der Waals surface area contributed by atoms with Crippen LogP contribution in [0, 0.1) is 11.6 Å². The van der Waals surface area contributed by atoms with Crippen LogP contribution in [0.25, 0.3) is 0 Å². The summed E-state index contributed by atoms with van der Waals surface area (Å²) in [5.41, 5.74) is 0.343. The molecule has 1 atom stereocenters. The topological polar surface area (TPSA) is 42.7 Å². The third kappa shape index (κ3) is 2.43. The molecule has 0 saturated heterocycles. The Bertz CT molecular complexity index is 679. The van der Waals surface area contributed by atoms with E-state index in [2.05, 4.69) is 15.4 Å². The molecular formula is C12H9F5N4. The number of fused-ring (bicyclic) bond motifs is 1. The molecule has 1 unspecified atom stereocenters. The number of hydrogen-bond donors (Lipinski definition) is 1. The van der Waals surface area contributed by atoms with Gasteiger partial charge in [0.25, 0.3) is 5.82 Å². The molecule has 1 aromatic carbocycles. The number of hydrogen-bond acceptors (Lipinski definition) is 3. The SMILES string of the molecule is Fc1ccc(C2CCNc3nc(C(F)(F)F)nn32)cc1F. The van der Waals surface area contributed by atoms with Crippen LogP contribution in [0.15, 0.2) is 18.2 Å². The first-order valence-electron chi connectivity index (χ1n) is 6.09. The fraction of sp³-hybridized carbons (Fsp3) is 0.333. The molecule has 0 spiro atoms. The summed E-state index contributed by atoms with van der Waals surface area (Å²) in [6.45, 7) is 0.361. The molecule has 1 aromatic heterocycles. The largest absolute Gasteiger partial charge is 0.453 e. The summed E-state index contributed by atoms with van der Waals surface area (Å²) in [5, 5.41) is 6.14. The van der Waals surface area contributed by atoms with E-state index < -0.39 is 29.7 Å². The third-order valence-electron chi connectivity index (χ3n) is 3.21. The molecule has 2 heterocycles. The lowest BCUT2D eigenvalue weighted by Gasteiger charge is -2.24. The van der Waals surface area contributed by atoms with Crippen molar-refractivity contribution in [2.75, 3.05) is 11.9 Å². The Labute approximate surface area is 115 Å². The van der Waals surface area contributed by atoms with Gasteiger partial charge in [0, 0.05) is 6.54 Å². The van der Waals surface area contributed by atoms with Gasteiger partial charge in [0.2, 0.25) is 5.95 Å². The van der Waals surface area contributed by atoms with Crippen LogP contribution in [0.5, 0.6) is 0 Å². The Kier molecular flexibility index (Phi) is 3.07. The van der Waals surface area contributed by atoms with Gasteiger partial charge < -0.3 is 5.32 Å². The highest BCUT2D eigenvalue weighted by molar-refractivity contribution is 5.33. The van der Waals surface area contributed by atoms with Crippen molar-refractivity contribution in [2.45, 2.75) is 18.6 Å². The van der Waals surface area contributed by atoms with E-state index in [0.29, 0.717) is 18.5 Å². The average molecular weight is 304 g/mol. The fourth-order valence-corrected chi connectivity index (χ4v) is 2.25. The molecule has 0 amide bonds. The molecule has 9 heteroatoms. The van der Waals surface area contributed by atoms with Crippen LogP contribution in [0.2, 0.25) is 0 Å². The maximum Gasteiger partial charge on any atom is 0.453 e. The minimum atomic E-state index is -4.66. The predicted octanol–water partition coefficient (Wildman–Crippen LogP) is 2.98. The molecule has 3 rings (SSSR count). The summed E-state index contributed by atoms with van der Waals surface area (Å²) in [5.74, 6) is -3.37. The lowest BCUT2D eigenvalue weighted by molar-refractivity contribution is -0.145. The fourth-order valence-electron chi connectivity index (χ4n) is 2.25. The van der Waals surface area contributed by atoms with E-state index in [1.165, 1.54) is 6.07 Å². The molecule has 1 aliphatic rings. The number of anilines is 1. The number of nitrogens with zero attached hydrogens (tertiary/aromatic N) is 3. The molecule has 0 bridgehead atoms. The lowest BCUT2D eigenvalue weighted by Crippen LogP contribution is -2.25. The first-order chi connectivity index (χ1) is 9.86. The molecule has 112 valence electrons. The van der Waals surface area contributed by atoms with E-state index >= 15 is 0 Å². The van der Waals surface area contributed by atoms with E-state index in [4.69, 9.17) is 0 Å². The van der Waals surface area contributed by atoms with Crippen molar-refractivity contribution < 1.29 is 22.0 Å². The molecular weight excluding hydrogens is 295 g/mol. The highest BCUT2D eigenvalue weighted by Crippen LogP contribution is 2.33. The Hall–Kier alpha value is -2.19. The van der Waals surface area contributed by atoms with Crippen LogP contribution in [0.4, 0.5) is 27.9 Å². The smallest absolute Gasteiger partial charge is 0.354 e. The number of alkyl halides is 3. The lowest BCUT2D eigenvalue weighted by atomic mass is 10.0. The second-order valence-corrected chi connectivity index (χ2v) is 4.61. The summed E-state index contributed by atoms with van der Waals surface area (Å²) in [6.07, 6.45) is -4.27. The van der Waals surface area contributed by atoms with Crippen molar-refractivity contribution in [3.05, 3.63) is 41.2 Å². The van der Waals surface area contributed by atoms with Crippen molar-refractivity contribution in [3.8, 4) is 0 Å². The van der Waals surface area contributed by atoms with Gasteiger partial charge in [-0.1, -0.05) is 6.07 Å². The quantitative estimate of drug-likeness (QED) is 0.824. The normalized spacial score (nSPS) is 18.2. The van der Waals surface area contributed by atoms with Gasteiger partial charge in [-0.15, -0.1) is 5.10 Å². The molecule has 21 heavy (non-hydrogen) atoms. The number of halogens is 5. The number of benzene rings is 1. The Morgan fingerprint density at radius 2 is 1.95 bits per heavy atom. The van der Waals surface area contributed by atoms with E-state index in [9.17, 15) is 22.0 Å². The predicted molar refractivity (Wildman–Crippen MR) is 62.6 cm³/mol. The van der Waals surface area contributed by atoms with Crippen molar-refractivity contribution in [3.63, 3.8) is 0 Å². The summed E-state index contributed by atoms with van der Waals surface area (Å²) >= 11 is 0. The molecule has 0 aliphatic carbocycles. The van der Waals surface area contributed by atoms with Gasteiger partial charge >= 0.3 is 6.18 Å². The zero-order chi connectivity index (χ0) is 15.2. The van der Waals surface area contributed by atoms with Crippen LogP contribution in [-0.2, 0) is 6.18 Å². The molecule has 0 saturated carbocycles. The Morgan fingerprint density at radius 1 is 1.19 bits per heavy atom. The molecule has 1 N–H and O–H groups in total. The summed E-state index contributed by atoms with van der Waals surface area (Å²) < 4.78 is 65.2. The van der Waals surface area contributed by atoms with Crippen molar-refractivity contribution in [1.82, 2.24) is 14.8 Å². The maximum absolute atomic E-state index is 13.3. The molecule has 2 aromatic rings. The van der Waals surface area contributed by atoms with E-state index in [-0.39, 0.29) is 5.95 Å². The zero-order valence-corrected chi connectivity index (χ0v) is 10.5. The van der Waals surface area contributed by atoms with Gasteiger partial charge in [-0.25, -0.2) is 13.5 Å². The van der Waals surface area contributed by atoms with E-state index in [1.54, 1.807) is 0 Å². The van der Waals surface area contributed by atoms with Gasteiger partial charge in [-0.3, -0.25) is 0 Å². The molecule has 4 nitrogen and oxygen atoms in total. The number of aromatic nitrogens is 3. The molecule has 0 fully saturated rings. The monoisotopic (exact) mass is 304 g/mol. The average Bonchev–Trinajstić information content (AvgIpc) is 2.86. The minimum Gasteiger partial charge on any atom is -0.354 e. The second-order valence-electron chi connectivity index (χ2n) is 4.61. The summed E-state index contributed by atoms with van der Waals surface area (Å²) in [7, 11) is 0. The summed E-state index contributed by atoms with van der Waals surface area (Å²) in [4.78, 5) is 3.39. The van der Waals surface area contributed by atoms with Gasteiger partial charge in [0.15, 0.2) is 11.6 Å². The zero-order valence-electron chi connectivity index (χ0n) is 10.5. The first kappa shape index (κ1) is 13.8. The van der Waals surface area contributed by atoms with E-state index in [0.717, 1.165) is 16.8 Å². The number of nitrogens with one attached hydrogen (secondary N) is 1. The van der Waals surface area contributed by atoms with Crippen molar-refractivity contribution >= 4 is 5.95 Å². The second kappa shape index (κ2) is 4.68. The number of rotatable bonds is 1. The molecule has 0 radical (unpaired) electrons. The van der Waals surface area contributed by atoms with Crippen LogP contribution in [0.1, 0.15) is 23.9 Å². The minimum absolute atomic E-state index is 0.0386. The van der Waals surface area contributed by atoms with Crippen LogP contribution >= 0.6 is 0 Å². The van der Waals surface area contributed by atoms with Gasteiger partial charge in [0.1, 0.15) is 0 Å². The Morgan fingerprint density at radius 3 is 2.62 bits per heavy atom. The van der Waals surface area contributed by atoms with Gasteiger partial charge in [-0.2, -0.15) is 18.2 Å². The van der Waals surface area contributed by atoms with E-state index in [1.807, 2.05) is 0 Å². The van der Waals surface area contributed by atoms with Crippen molar-refractivity contribution in [1.29, 1.82) is 0 Å².